The van der Waals surface area contributed by atoms with Crippen LogP contribution in [0.5, 0.6) is 5.88 Å². The first-order valence-corrected chi connectivity index (χ1v) is 8.77. The van der Waals surface area contributed by atoms with E-state index < -0.39 is 12.4 Å². The molecule has 1 saturated heterocycles. The van der Waals surface area contributed by atoms with Crippen LogP contribution in [0.3, 0.4) is 0 Å². The smallest absolute Gasteiger partial charge is 0.246 e. The number of nitrogens with zero attached hydrogens (tertiary/aromatic N) is 4. The number of ether oxygens (including phenoxy) is 2. The fourth-order valence-electron chi connectivity index (χ4n) is 3.00. The quantitative estimate of drug-likeness (QED) is 0.579. The fraction of sp³-hybridized carbons (Fsp3) is 0.688. The van der Waals surface area contributed by atoms with Gasteiger partial charge in [0.2, 0.25) is 11.2 Å². The zero-order chi connectivity index (χ0) is 17.3. The van der Waals surface area contributed by atoms with Crippen LogP contribution in [0, 0.1) is 5.92 Å². The summed E-state index contributed by atoms with van der Waals surface area (Å²) in [5.41, 5.74) is 0.900. The van der Waals surface area contributed by atoms with Gasteiger partial charge in [0, 0.05) is 5.92 Å². The summed E-state index contributed by atoms with van der Waals surface area (Å²) in [5.74, 6) is 0.140. The normalized spacial score (nSPS) is 27.0. The molecule has 0 bridgehead atoms. The van der Waals surface area contributed by atoms with Crippen molar-refractivity contribution in [3.05, 3.63) is 11.6 Å². The van der Waals surface area contributed by atoms with Crippen LogP contribution in [0.2, 0.25) is 5.28 Å². The third-order valence-corrected chi connectivity index (χ3v) is 4.62. The van der Waals surface area contributed by atoms with E-state index >= 15 is 0 Å². The molecule has 6 nitrogen and oxygen atoms in total. The van der Waals surface area contributed by atoms with E-state index in [1.807, 2.05) is 13.8 Å². The molecule has 8 heteroatoms. The number of hydrogen-bond acceptors (Lipinski definition) is 5. The summed E-state index contributed by atoms with van der Waals surface area (Å²) in [6.45, 7) is 6.44. The van der Waals surface area contributed by atoms with Crippen molar-refractivity contribution >= 4 is 22.8 Å². The SMILES string of the molecule is CCCCOc1nc(Cl)nc2c1ncn2[C@@H]1O[C@H](CC)[C@@H](C)[C@@H]1F. The average Bonchev–Trinajstić information content (AvgIpc) is 3.10. The third kappa shape index (κ3) is 3.07. The van der Waals surface area contributed by atoms with Crippen molar-refractivity contribution < 1.29 is 13.9 Å². The number of halogens is 2. The largest absolute Gasteiger partial charge is 0.476 e. The van der Waals surface area contributed by atoms with Crippen molar-refractivity contribution in [3.63, 3.8) is 0 Å². The second-order valence-corrected chi connectivity index (χ2v) is 6.44. The molecule has 24 heavy (non-hydrogen) atoms. The molecule has 4 atom stereocenters. The Morgan fingerprint density at radius 1 is 1.38 bits per heavy atom. The summed E-state index contributed by atoms with van der Waals surface area (Å²) < 4.78 is 27.8. The highest BCUT2D eigenvalue weighted by Crippen LogP contribution is 2.39. The second-order valence-electron chi connectivity index (χ2n) is 6.10. The second kappa shape index (κ2) is 7.19. The summed E-state index contributed by atoms with van der Waals surface area (Å²) in [4.78, 5) is 12.6. The standard InChI is InChI=1S/C16H22ClFN4O2/c1-4-6-7-23-14-12-13(20-16(17)21-14)22(8-19-12)15-11(18)9(3)10(5-2)24-15/h8-11,15H,4-7H2,1-3H3/t9-,10-,11+,15-/m1/s1. The lowest BCUT2D eigenvalue weighted by atomic mass is 10.00. The minimum atomic E-state index is -1.13. The highest BCUT2D eigenvalue weighted by atomic mass is 35.5. The van der Waals surface area contributed by atoms with Gasteiger partial charge in [-0.15, -0.1) is 0 Å². The minimum absolute atomic E-state index is 0.0456. The van der Waals surface area contributed by atoms with Crippen LogP contribution in [0.25, 0.3) is 11.2 Å². The van der Waals surface area contributed by atoms with E-state index in [9.17, 15) is 4.39 Å². The van der Waals surface area contributed by atoms with E-state index in [0.717, 1.165) is 19.3 Å². The maximum atomic E-state index is 14.7. The molecule has 1 fully saturated rings. The van der Waals surface area contributed by atoms with Gasteiger partial charge in [0.15, 0.2) is 23.6 Å². The highest BCUT2D eigenvalue weighted by molar-refractivity contribution is 6.28. The van der Waals surface area contributed by atoms with Crippen molar-refractivity contribution in [2.45, 2.75) is 58.5 Å². The Kier molecular flexibility index (Phi) is 5.20. The van der Waals surface area contributed by atoms with Gasteiger partial charge >= 0.3 is 0 Å². The fourth-order valence-corrected chi connectivity index (χ4v) is 3.15. The molecule has 0 aromatic carbocycles. The monoisotopic (exact) mass is 356 g/mol. The lowest BCUT2D eigenvalue weighted by Crippen LogP contribution is -2.20. The molecule has 0 unspecified atom stereocenters. The van der Waals surface area contributed by atoms with Gasteiger partial charge in [0.05, 0.1) is 19.0 Å². The van der Waals surface area contributed by atoms with E-state index in [4.69, 9.17) is 21.1 Å². The zero-order valence-corrected chi connectivity index (χ0v) is 14.8. The lowest BCUT2D eigenvalue weighted by Gasteiger charge is -2.15. The number of fused-ring (bicyclic) bond motifs is 1. The summed E-state index contributed by atoms with van der Waals surface area (Å²) in [7, 11) is 0. The zero-order valence-electron chi connectivity index (χ0n) is 14.1. The molecule has 132 valence electrons. The summed E-state index contributed by atoms with van der Waals surface area (Å²) in [6, 6.07) is 0. The van der Waals surface area contributed by atoms with Crippen LogP contribution in [0.4, 0.5) is 4.39 Å². The van der Waals surface area contributed by atoms with Crippen LogP contribution < -0.4 is 4.74 Å². The van der Waals surface area contributed by atoms with E-state index in [0.29, 0.717) is 23.7 Å². The van der Waals surface area contributed by atoms with Crippen molar-refractivity contribution in [2.24, 2.45) is 5.92 Å². The van der Waals surface area contributed by atoms with Gasteiger partial charge in [0.25, 0.3) is 0 Å². The molecular weight excluding hydrogens is 335 g/mol. The number of unbranched alkanes of at least 4 members (excludes halogenated alkanes) is 1. The summed E-state index contributed by atoms with van der Waals surface area (Å²) in [5, 5.41) is 0.0456. The van der Waals surface area contributed by atoms with Crippen molar-refractivity contribution in [2.75, 3.05) is 6.61 Å². The lowest BCUT2D eigenvalue weighted by molar-refractivity contribution is -0.0186. The molecular formula is C16H22ClFN4O2. The Balaban J connectivity index is 1.95. The molecule has 0 amide bonds. The van der Waals surface area contributed by atoms with Crippen molar-refractivity contribution in [1.82, 2.24) is 19.5 Å². The Bertz CT molecular complexity index is 711. The Morgan fingerprint density at radius 2 is 2.17 bits per heavy atom. The minimum Gasteiger partial charge on any atom is -0.476 e. The molecule has 0 radical (unpaired) electrons. The summed E-state index contributed by atoms with van der Waals surface area (Å²) in [6.07, 6.45) is 2.16. The number of imidazole rings is 1. The van der Waals surface area contributed by atoms with E-state index in [2.05, 4.69) is 21.9 Å². The molecule has 2 aromatic heterocycles. The van der Waals surface area contributed by atoms with Crippen molar-refractivity contribution in [3.8, 4) is 5.88 Å². The van der Waals surface area contributed by atoms with Gasteiger partial charge in [-0.1, -0.05) is 27.2 Å². The first-order chi connectivity index (χ1) is 11.6. The molecule has 0 spiro atoms. The van der Waals surface area contributed by atoms with Crippen LogP contribution in [0.15, 0.2) is 6.33 Å². The molecule has 2 aromatic rings. The Morgan fingerprint density at radius 3 is 2.83 bits per heavy atom. The van der Waals surface area contributed by atoms with E-state index in [1.54, 1.807) is 4.57 Å². The van der Waals surface area contributed by atoms with Crippen LogP contribution in [0.1, 0.15) is 46.3 Å². The van der Waals surface area contributed by atoms with Crippen LogP contribution >= 0.6 is 11.6 Å². The predicted octanol–water partition coefficient (Wildman–Crippen LogP) is 3.94. The first-order valence-electron chi connectivity index (χ1n) is 8.39. The molecule has 1 aliphatic heterocycles. The van der Waals surface area contributed by atoms with Gasteiger partial charge in [-0.3, -0.25) is 4.57 Å². The Labute approximate surface area is 145 Å². The molecule has 3 rings (SSSR count). The predicted molar refractivity (Wildman–Crippen MR) is 89.0 cm³/mol. The molecule has 0 N–H and O–H groups in total. The van der Waals surface area contributed by atoms with Crippen LogP contribution in [-0.4, -0.2) is 38.4 Å². The van der Waals surface area contributed by atoms with E-state index in [-0.39, 0.29) is 17.3 Å². The van der Waals surface area contributed by atoms with E-state index in [1.165, 1.54) is 6.33 Å². The van der Waals surface area contributed by atoms with Gasteiger partial charge < -0.3 is 9.47 Å². The molecule has 3 heterocycles. The number of hydrogen-bond donors (Lipinski definition) is 0. The number of rotatable bonds is 6. The maximum absolute atomic E-state index is 14.7. The topological polar surface area (TPSA) is 62.1 Å². The van der Waals surface area contributed by atoms with Crippen LogP contribution in [-0.2, 0) is 4.74 Å². The average molecular weight is 357 g/mol. The Hall–Kier alpha value is -1.47. The number of alkyl halides is 1. The maximum Gasteiger partial charge on any atom is 0.246 e. The highest BCUT2D eigenvalue weighted by Gasteiger charge is 2.43. The molecule has 1 aliphatic rings. The molecule has 0 aliphatic carbocycles. The van der Waals surface area contributed by atoms with Gasteiger partial charge in [-0.05, 0) is 24.4 Å². The summed E-state index contributed by atoms with van der Waals surface area (Å²) >= 11 is 6.02. The van der Waals surface area contributed by atoms with Gasteiger partial charge in [0.1, 0.15) is 0 Å². The first kappa shape index (κ1) is 17.4. The van der Waals surface area contributed by atoms with Crippen molar-refractivity contribution in [1.29, 1.82) is 0 Å². The molecule has 0 saturated carbocycles. The number of aromatic nitrogens is 4. The van der Waals surface area contributed by atoms with Gasteiger partial charge in [-0.2, -0.15) is 9.97 Å². The third-order valence-electron chi connectivity index (χ3n) is 4.45. The van der Waals surface area contributed by atoms with Gasteiger partial charge in [-0.25, -0.2) is 9.37 Å².